The lowest BCUT2D eigenvalue weighted by atomic mass is 9.91. The molecular formula is C21H39N3O2. The van der Waals surface area contributed by atoms with Crippen molar-refractivity contribution in [2.45, 2.75) is 72.3 Å². The smallest absolute Gasteiger partial charge is 0.239 e. The minimum absolute atomic E-state index is 0.00826. The molecule has 0 aromatic heterocycles. The zero-order valence-electron chi connectivity index (χ0n) is 17.6. The number of piperazine rings is 1. The summed E-state index contributed by atoms with van der Waals surface area (Å²) in [5.74, 6) is 1.02. The van der Waals surface area contributed by atoms with Crippen LogP contribution in [0, 0.1) is 11.3 Å². The number of rotatable bonds is 6. The van der Waals surface area contributed by atoms with Crippen LogP contribution in [0.2, 0.25) is 0 Å². The largest absolute Gasteiger partial charge is 0.344 e. The van der Waals surface area contributed by atoms with Crippen LogP contribution in [0.25, 0.3) is 0 Å². The van der Waals surface area contributed by atoms with Crippen LogP contribution < -0.4 is 0 Å². The number of carbonyl (C=O) groups excluding carboxylic acids is 2. The average Bonchev–Trinajstić information content (AvgIpc) is 3.08. The molecule has 2 rings (SSSR count). The van der Waals surface area contributed by atoms with E-state index in [4.69, 9.17) is 0 Å². The van der Waals surface area contributed by atoms with Crippen LogP contribution in [0.1, 0.15) is 66.2 Å². The monoisotopic (exact) mass is 365 g/mol. The van der Waals surface area contributed by atoms with Gasteiger partial charge in [-0.2, -0.15) is 0 Å². The molecule has 1 aliphatic carbocycles. The van der Waals surface area contributed by atoms with Crippen LogP contribution >= 0.6 is 0 Å². The molecule has 2 amide bonds. The summed E-state index contributed by atoms with van der Waals surface area (Å²) in [6.07, 6.45) is 6.41. The number of nitrogens with zero attached hydrogens (tertiary/aromatic N) is 3. The van der Waals surface area contributed by atoms with Crippen molar-refractivity contribution in [2.24, 2.45) is 11.3 Å². The van der Waals surface area contributed by atoms with E-state index in [0.717, 1.165) is 39.1 Å². The van der Waals surface area contributed by atoms with E-state index in [-0.39, 0.29) is 23.3 Å². The first kappa shape index (κ1) is 21.2. The molecule has 0 radical (unpaired) electrons. The molecule has 2 fully saturated rings. The average molecular weight is 366 g/mol. The van der Waals surface area contributed by atoms with Gasteiger partial charge in [0.1, 0.15) is 0 Å². The minimum atomic E-state index is 0.00826. The molecular weight excluding hydrogens is 326 g/mol. The summed E-state index contributed by atoms with van der Waals surface area (Å²) in [6, 6.07) is 0.00826. The molecule has 0 spiro atoms. The van der Waals surface area contributed by atoms with Crippen molar-refractivity contribution in [1.29, 1.82) is 0 Å². The number of likely N-dealkylation sites (N-methyl/N-ethyl adjacent to an activating group) is 1. The van der Waals surface area contributed by atoms with Crippen LogP contribution in [-0.2, 0) is 9.59 Å². The van der Waals surface area contributed by atoms with Gasteiger partial charge in [-0.1, -0.05) is 40.5 Å². The van der Waals surface area contributed by atoms with Gasteiger partial charge in [0, 0.05) is 46.2 Å². The number of amides is 2. The molecule has 26 heavy (non-hydrogen) atoms. The maximum Gasteiger partial charge on any atom is 0.239 e. The summed E-state index contributed by atoms with van der Waals surface area (Å²) in [4.78, 5) is 31.9. The van der Waals surface area contributed by atoms with Gasteiger partial charge in [-0.25, -0.2) is 0 Å². The summed E-state index contributed by atoms with van der Waals surface area (Å²) < 4.78 is 0. The highest BCUT2D eigenvalue weighted by Gasteiger charge is 2.38. The van der Waals surface area contributed by atoms with Crippen LogP contribution in [-0.4, -0.2) is 72.3 Å². The quantitative estimate of drug-likeness (QED) is 0.727. The summed E-state index contributed by atoms with van der Waals surface area (Å²) in [5, 5.41) is 0. The summed E-state index contributed by atoms with van der Waals surface area (Å²) >= 11 is 0. The summed E-state index contributed by atoms with van der Waals surface area (Å²) in [6.45, 7) is 12.4. The maximum absolute atomic E-state index is 13.1. The number of hydrogen-bond acceptors (Lipinski definition) is 3. The van der Waals surface area contributed by atoms with Gasteiger partial charge in [0.05, 0.1) is 6.04 Å². The van der Waals surface area contributed by atoms with Gasteiger partial charge in [0.25, 0.3) is 0 Å². The summed E-state index contributed by atoms with van der Waals surface area (Å²) in [5.41, 5.74) is 0.0272. The Bertz CT molecular complexity index is 472. The standard InChI is InChI=1S/C21H39N3O2/c1-6-11-22(5)20(26)19(17-9-7-8-10-17)24-14-12-23(13-15-24)18(25)16-21(2,3)4/h17,19H,6-16H2,1-5H3/t19-/m1/s1. The molecule has 0 bridgehead atoms. The lowest BCUT2D eigenvalue weighted by Crippen LogP contribution is -2.58. The van der Waals surface area contributed by atoms with Gasteiger partial charge in [-0.05, 0) is 30.6 Å². The Kier molecular flexibility index (Phi) is 7.51. The third kappa shape index (κ3) is 5.70. The van der Waals surface area contributed by atoms with E-state index in [1.165, 1.54) is 25.7 Å². The molecule has 1 atom stereocenters. The van der Waals surface area contributed by atoms with Crippen molar-refractivity contribution in [3.8, 4) is 0 Å². The molecule has 150 valence electrons. The van der Waals surface area contributed by atoms with Crippen LogP contribution in [0.3, 0.4) is 0 Å². The first-order valence-electron chi connectivity index (χ1n) is 10.5. The molecule has 1 saturated carbocycles. The number of carbonyl (C=O) groups is 2. The van der Waals surface area contributed by atoms with E-state index in [1.54, 1.807) is 0 Å². The Labute approximate surface area is 160 Å². The Morgan fingerprint density at radius 1 is 1.08 bits per heavy atom. The van der Waals surface area contributed by atoms with Crippen molar-refractivity contribution in [3.63, 3.8) is 0 Å². The highest BCUT2D eigenvalue weighted by atomic mass is 16.2. The Balaban J connectivity index is 1.99. The highest BCUT2D eigenvalue weighted by molar-refractivity contribution is 5.82. The predicted octanol–water partition coefficient (Wildman–Crippen LogP) is 2.99. The van der Waals surface area contributed by atoms with Crippen LogP contribution in [0.4, 0.5) is 0 Å². The molecule has 0 N–H and O–H groups in total. The van der Waals surface area contributed by atoms with E-state index in [1.807, 2.05) is 16.8 Å². The predicted molar refractivity (Wildman–Crippen MR) is 106 cm³/mol. The van der Waals surface area contributed by atoms with Gasteiger partial charge in [0.15, 0.2) is 0 Å². The zero-order chi connectivity index (χ0) is 19.3. The fourth-order valence-corrected chi connectivity index (χ4v) is 4.42. The molecule has 1 aliphatic heterocycles. The second-order valence-corrected chi connectivity index (χ2v) is 9.40. The van der Waals surface area contributed by atoms with Crippen molar-refractivity contribution in [2.75, 3.05) is 39.8 Å². The molecule has 2 aliphatic rings. The topological polar surface area (TPSA) is 43.9 Å². The van der Waals surface area contributed by atoms with Gasteiger partial charge >= 0.3 is 0 Å². The third-order valence-electron chi connectivity index (χ3n) is 5.78. The molecule has 0 aromatic rings. The maximum atomic E-state index is 13.1. The Morgan fingerprint density at radius 3 is 2.15 bits per heavy atom. The lowest BCUT2D eigenvalue weighted by molar-refractivity contribution is -0.141. The van der Waals surface area contributed by atoms with Crippen LogP contribution in [0.15, 0.2) is 0 Å². The normalized spacial score (nSPS) is 21.0. The Morgan fingerprint density at radius 2 is 1.65 bits per heavy atom. The van der Waals surface area contributed by atoms with Crippen molar-refractivity contribution in [3.05, 3.63) is 0 Å². The van der Waals surface area contributed by atoms with Gasteiger partial charge in [0.2, 0.25) is 11.8 Å². The van der Waals surface area contributed by atoms with E-state index >= 15 is 0 Å². The van der Waals surface area contributed by atoms with Crippen molar-refractivity contribution in [1.82, 2.24) is 14.7 Å². The molecule has 0 aromatic carbocycles. The first-order chi connectivity index (χ1) is 12.2. The summed E-state index contributed by atoms with van der Waals surface area (Å²) in [7, 11) is 1.94. The lowest BCUT2D eigenvalue weighted by Gasteiger charge is -2.42. The third-order valence-corrected chi connectivity index (χ3v) is 5.78. The fourth-order valence-electron chi connectivity index (χ4n) is 4.42. The zero-order valence-corrected chi connectivity index (χ0v) is 17.6. The Hall–Kier alpha value is -1.10. The fraction of sp³-hybridized carbons (Fsp3) is 0.905. The van der Waals surface area contributed by atoms with E-state index in [9.17, 15) is 9.59 Å². The van der Waals surface area contributed by atoms with Gasteiger partial charge in [-0.3, -0.25) is 14.5 Å². The van der Waals surface area contributed by atoms with Gasteiger partial charge < -0.3 is 9.80 Å². The second kappa shape index (κ2) is 9.20. The number of hydrogen-bond donors (Lipinski definition) is 0. The van der Waals surface area contributed by atoms with Crippen molar-refractivity contribution < 1.29 is 9.59 Å². The molecule has 5 nitrogen and oxygen atoms in total. The van der Waals surface area contributed by atoms with E-state index in [2.05, 4.69) is 32.6 Å². The second-order valence-electron chi connectivity index (χ2n) is 9.40. The molecule has 1 saturated heterocycles. The molecule has 5 heteroatoms. The van der Waals surface area contributed by atoms with Crippen molar-refractivity contribution >= 4 is 11.8 Å². The SMILES string of the molecule is CCCN(C)C(=O)[C@@H](C1CCCC1)N1CCN(C(=O)CC(C)(C)C)CC1. The van der Waals surface area contributed by atoms with Gasteiger partial charge in [-0.15, -0.1) is 0 Å². The molecule has 1 heterocycles. The highest BCUT2D eigenvalue weighted by Crippen LogP contribution is 2.32. The first-order valence-corrected chi connectivity index (χ1v) is 10.5. The molecule has 0 unspecified atom stereocenters. The van der Waals surface area contributed by atoms with E-state index in [0.29, 0.717) is 12.3 Å². The minimum Gasteiger partial charge on any atom is -0.344 e. The van der Waals surface area contributed by atoms with E-state index < -0.39 is 0 Å². The van der Waals surface area contributed by atoms with Crippen LogP contribution in [0.5, 0.6) is 0 Å².